The summed E-state index contributed by atoms with van der Waals surface area (Å²) in [5.74, 6) is 0.697. The molecule has 0 aliphatic heterocycles. The van der Waals surface area contributed by atoms with Crippen molar-refractivity contribution < 1.29 is 22.6 Å². The van der Waals surface area contributed by atoms with Gasteiger partial charge in [0.1, 0.15) is 11.5 Å². The fourth-order valence-corrected chi connectivity index (χ4v) is 2.02. The molecular formula is C11H14BrClF3NO2. The molecule has 0 fully saturated rings. The highest BCUT2D eigenvalue weighted by Gasteiger charge is 2.32. The number of alkyl halides is 3. The highest BCUT2D eigenvalue weighted by atomic mass is 79.9. The highest BCUT2D eigenvalue weighted by molar-refractivity contribution is 9.10. The summed E-state index contributed by atoms with van der Waals surface area (Å²) in [5.41, 5.74) is 5.82. The number of benzene rings is 1. The number of hydrogen-bond donors (Lipinski definition) is 1. The predicted molar refractivity (Wildman–Crippen MR) is 72.1 cm³/mol. The van der Waals surface area contributed by atoms with Gasteiger partial charge in [0, 0.05) is 11.6 Å². The van der Waals surface area contributed by atoms with Crippen molar-refractivity contribution in [2.45, 2.75) is 18.6 Å². The Morgan fingerprint density at radius 2 is 1.74 bits per heavy atom. The van der Waals surface area contributed by atoms with Crippen molar-refractivity contribution >= 4 is 28.3 Å². The molecule has 2 N–H and O–H groups in total. The molecule has 0 spiro atoms. The van der Waals surface area contributed by atoms with Gasteiger partial charge in [0.05, 0.1) is 25.1 Å². The van der Waals surface area contributed by atoms with E-state index in [1.807, 2.05) is 0 Å². The molecule has 8 heteroatoms. The van der Waals surface area contributed by atoms with Crippen LogP contribution < -0.4 is 15.2 Å². The number of halogens is 5. The first-order chi connectivity index (χ1) is 8.28. The Hall–Kier alpha value is -0.660. The van der Waals surface area contributed by atoms with Crippen molar-refractivity contribution in [3.63, 3.8) is 0 Å². The van der Waals surface area contributed by atoms with Crippen LogP contribution in [0.3, 0.4) is 0 Å². The van der Waals surface area contributed by atoms with Crippen LogP contribution in [-0.4, -0.2) is 20.4 Å². The lowest BCUT2D eigenvalue weighted by Crippen LogP contribution is -2.20. The SMILES string of the molecule is COc1cc([C@@H](N)CC(F)(F)F)c(OC)cc1Br.Cl. The number of nitrogens with two attached hydrogens (primary N) is 1. The Morgan fingerprint density at radius 1 is 1.21 bits per heavy atom. The van der Waals surface area contributed by atoms with Crippen molar-refractivity contribution in [3.8, 4) is 11.5 Å². The zero-order valence-electron chi connectivity index (χ0n) is 10.3. The normalized spacial score (nSPS) is 12.6. The zero-order valence-corrected chi connectivity index (χ0v) is 12.7. The van der Waals surface area contributed by atoms with Gasteiger partial charge in [-0.15, -0.1) is 12.4 Å². The summed E-state index contributed by atoms with van der Waals surface area (Å²) in [6.07, 6.45) is -5.45. The van der Waals surface area contributed by atoms with Crippen LogP contribution in [0, 0.1) is 0 Å². The Morgan fingerprint density at radius 3 is 2.16 bits per heavy atom. The number of hydrogen-bond acceptors (Lipinski definition) is 3. The van der Waals surface area contributed by atoms with Crippen LogP contribution in [0.25, 0.3) is 0 Å². The van der Waals surface area contributed by atoms with Gasteiger partial charge in [-0.2, -0.15) is 13.2 Å². The molecule has 0 aliphatic rings. The van der Waals surface area contributed by atoms with Gasteiger partial charge >= 0.3 is 6.18 Å². The van der Waals surface area contributed by atoms with Gasteiger partial charge in [0.25, 0.3) is 0 Å². The Labute approximate surface area is 123 Å². The summed E-state index contributed by atoms with van der Waals surface area (Å²) in [6.45, 7) is 0. The summed E-state index contributed by atoms with van der Waals surface area (Å²) in [4.78, 5) is 0. The third kappa shape index (κ3) is 5.08. The van der Waals surface area contributed by atoms with Gasteiger partial charge in [0.2, 0.25) is 0 Å². The summed E-state index contributed by atoms with van der Waals surface area (Å²) in [7, 11) is 2.80. The number of methoxy groups -OCH3 is 2. The third-order valence-electron chi connectivity index (χ3n) is 2.35. The Kier molecular flexibility index (Phi) is 6.96. The molecular weight excluding hydrogens is 350 g/mol. The minimum absolute atomic E-state index is 0. The largest absolute Gasteiger partial charge is 0.496 e. The first-order valence-corrected chi connectivity index (χ1v) is 5.81. The smallest absolute Gasteiger partial charge is 0.390 e. The second-order valence-corrected chi connectivity index (χ2v) is 4.51. The molecule has 110 valence electrons. The monoisotopic (exact) mass is 363 g/mol. The lowest BCUT2D eigenvalue weighted by molar-refractivity contribution is -0.138. The first-order valence-electron chi connectivity index (χ1n) is 5.02. The van der Waals surface area contributed by atoms with Crippen molar-refractivity contribution in [2.75, 3.05) is 14.2 Å². The van der Waals surface area contributed by atoms with E-state index in [-0.39, 0.29) is 18.0 Å². The van der Waals surface area contributed by atoms with E-state index in [0.29, 0.717) is 16.0 Å². The summed E-state index contributed by atoms with van der Waals surface area (Å²) in [5, 5.41) is 0. The van der Waals surface area contributed by atoms with Gasteiger partial charge in [0.15, 0.2) is 0 Å². The Balaban J connectivity index is 0.00000324. The maximum atomic E-state index is 12.3. The highest BCUT2D eigenvalue weighted by Crippen LogP contribution is 2.38. The molecule has 0 saturated carbocycles. The van der Waals surface area contributed by atoms with Gasteiger partial charge in [-0.25, -0.2) is 0 Å². The minimum Gasteiger partial charge on any atom is -0.496 e. The average molecular weight is 365 g/mol. The summed E-state index contributed by atoms with van der Waals surface area (Å²) >= 11 is 3.22. The number of rotatable bonds is 4. The molecule has 0 aliphatic carbocycles. The molecule has 1 aromatic carbocycles. The van der Waals surface area contributed by atoms with Crippen molar-refractivity contribution in [3.05, 3.63) is 22.2 Å². The van der Waals surface area contributed by atoms with Crippen LogP contribution >= 0.6 is 28.3 Å². The quantitative estimate of drug-likeness (QED) is 0.883. The fraction of sp³-hybridized carbons (Fsp3) is 0.455. The molecule has 1 aromatic rings. The van der Waals surface area contributed by atoms with Gasteiger partial charge in [-0.3, -0.25) is 0 Å². The minimum atomic E-state index is -4.33. The molecule has 1 rings (SSSR count). The van der Waals surface area contributed by atoms with E-state index in [1.54, 1.807) is 0 Å². The Bertz CT molecular complexity index is 429. The van der Waals surface area contributed by atoms with Crippen LogP contribution in [0.5, 0.6) is 11.5 Å². The van der Waals surface area contributed by atoms with Crippen LogP contribution in [0.15, 0.2) is 16.6 Å². The van der Waals surface area contributed by atoms with Crippen LogP contribution in [0.2, 0.25) is 0 Å². The molecule has 1 atom stereocenters. The maximum Gasteiger partial charge on any atom is 0.390 e. The molecule has 3 nitrogen and oxygen atoms in total. The van der Waals surface area contributed by atoms with Crippen molar-refractivity contribution in [2.24, 2.45) is 5.73 Å². The first kappa shape index (κ1) is 18.3. The summed E-state index contributed by atoms with van der Waals surface area (Å²) in [6, 6.07) is 1.78. The van der Waals surface area contributed by atoms with E-state index in [4.69, 9.17) is 15.2 Å². The molecule has 0 unspecified atom stereocenters. The van der Waals surface area contributed by atoms with E-state index in [0.717, 1.165) is 0 Å². The third-order valence-corrected chi connectivity index (χ3v) is 2.97. The number of ether oxygens (including phenoxy) is 2. The zero-order chi connectivity index (χ0) is 13.9. The van der Waals surface area contributed by atoms with Gasteiger partial charge in [-0.05, 0) is 28.1 Å². The standard InChI is InChI=1S/C11H13BrF3NO2.ClH/c1-17-9-4-7(12)10(18-2)3-6(9)8(16)5-11(13,14)15;/h3-4,8H,5,16H2,1-2H3;1H/t8-;/m0./s1. The van der Waals surface area contributed by atoms with Crippen LogP contribution in [0.4, 0.5) is 13.2 Å². The fourth-order valence-electron chi connectivity index (χ4n) is 1.53. The van der Waals surface area contributed by atoms with Crippen LogP contribution in [0.1, 0.15) is 18.0 Å². The van der Waals surface area contributed by atoms with Crippen molar-refractivity contribution in [1.29, 1.82) is 0 Å². The van der Waals surface area contributed by atoms with Crippen LogP contribution in [-0.2, 0) is 0 Å². The van der Waals surface area contributed by atoms with Crippen molar-refractivity contribution in [1.82, 2.24) is 0 Å². The van der Waals surface area contributed by atoms with E-state index >= 15 is 0 Å². The average Bonchev–Trinajstić information content (AvgIpc) is 2.26. The molecule has 0 aromatic heterocycles. The summed E-state index contributed by atoms with van der Waals surface area (Å²) < 4.78 is 47.6. The predicted octanol–water partition coefficient (Wildman–Crippen LogP) is 3.84. The molecule has 19 heavy (non-hydrogen) atoms. The second-order valence-electron chi connectivity index (χ2n) is 3.65. The lowest BCUT2D eigenvalue weighted by Gasteiger charge is -2.18. The van der Waals surface area contributed by atoms with Gasteiger partial charge in [-0.1, -0.05) is 0 Å². The molecule has 0 saturated heterocycles. The van der Waals surface area contributed by atoms with E-state index < -0.39 is 18.6 Å². The second kappa shape index (κ2) is 7.21. The maximum absolute atomic E-state index is 12.3. The van der Waals surface area contributed by atoms with E-state index in [1.165, 1.54) is 26.4 Å². The lowest BCUT2D eigenvalue weighted by atomic mass is 10.0. The molecule has 0 radical (unpaired) electrons. The van der Waals surface area contributed by atoms with Gasteiger partial charge < -0.3 is 15.2 Å². The molecule has 0 bridgehead atoms. The molecule has 0 heterocycles. The van der Waals surface area contributed by atoms with E-state index in [9.17, 15) is 13.2 Å². The van der Waals surface area contributed by atoms with E-state index in [2.05, 4.69) is 15.9 Å². The topological polar surface area (TPSA) is 44.5 Å². The molecule has 0 amide bonds.